The van der Waals surface area contributed by atoms with Crippen LogP contribution in [0.5, 0.6) is 5.75 Å². The van der Waals surface area contributed by atoms with Gasteiger partial charge in [-0.25, -0.2) is 4.79 Å². The number of nitrogens with one attached hydrogen (secondary N) is 1. The van der Waals surface area contributed by atoms with Crippen molar-refractivity contribution in [3.8, 4) is 5.75 Å². The van der Waals surface area contributed by atoms with E-state index in [-0.39, 0.29) is 12.8 Å². The third-order valence-corrected chi connectivity index (χ3v) is 3.73. The molecule has 0 aliphatic rings. The van der Waals surface area contributed by atoms with Crippen molar-refractivity contribution in [2.24, 2.45) is 0 Å². The van der Waals surface area contributed by atoms with E-state index in [1.807, 2.05) is 26.8 Å². The van der Waals surface area contributed by atoms with Crippen LogP contribution in [0.15, 0.2) is 12.1 Å². The number of carbonyl (C=O) groups excluding carboxylic acids is 1. The number of ether oxygens (including phenoxy) is 3. The van der Waals surface area contributed by atoms with E-state index in [0.717, 1.165) is 16.9 Å². The predicted octanol–water partition coefficient (Wildman–Crippen LogP) is 2.25. The van der Waals surface area contributed by atoms with E-state index in [4.69, 9.17) is 14.2 Å². The summed E-state index contributed by atoms with van der Waals surface area (Å²) < 4.78 is 15.8. The van der Waals surface area contributed by atoms with E-state index >= 15 is 0 Å². The number of benzene rings is 1. The third kappa shape index (κ3) is 6.08. The van der Waals surface area contributed by atoms with E-state index in [9.17, 15) is 4.79 Å². The molecule has 0 bridgehead atoms. The van der Waals surface area contributed by atoms with Gasteiger partial charge in [0, 0.05) is 27.3 Å². The molecule has 6 nitrogen and oxygen atoms in total. The van der Waals surface area contributed by atoms with Crippen LogP contribution in [0, 0.1) is 20.8 Å². The topological polar surface area (TPSA) is 60.0 Å². The summed E-state index contributed by atoms with van der Waals surface area (Å²) in [5, 5.41) is 2.78. The molecule has 0 heterocycles. The third-order valence-electron chi connectivity index (χ3n) is 3.73. The molecule has 2 amide bonds. The lowest BCUT2D eigenvalue weighted by molar-refractivity contribution is 0.119. The van der Waals surface area contributed by atoms with Gasteiger partial charge >= 0.3 is 6.03 Å². The summed E-state index contributed by atoms with van der Waals surface area (Å²) in [5.74, 6) is 0.825. The molecule has 0 radical (unpaired) electrons. The van der Waals surface area contributed by atoms with Crippen molar-refractivity contribution < 1.29 is 19.0 Å². The molecule has 0 saturated heterocycles. The van der Waals surface area contributed by atoms with Gasteiger partial charge in [-0.05, 0) is 37.5 Å². The number of hydrogen-bond acceptors (Lipinski definition) is 4. The number of aryl methyl sites for hydroxylation is 2. The van der Waals surface area contributed by atoms with Gasteiger partial charge in [-0.15, -0.1) is 0 Å². The second kappa shape index (κ2) is 10.1. The van der Waals surface area contributed by atoms with Crippen molar-refractivity contribution in [1.29, 1.82) is 0 Å². The number of hydrogen-bond donors (Lipinski definition) is 1. The molecule has 1 aromatic carbocycles. The number of nitrogens with zero attached hydrogens (tertiary/aromatic N) is 1. The summed E-state index contributed by atoms with van der Waals surface area (Å²) in [7, 11) is 3.22. The Hall–Kier alpha value is -1.79. The van der Waals surface area contributed by atoms with Gasteiger partial charge in [0.2, 0.25) is 0 Å². The molecule has 0 fully saturated rings. The highest BCUT2D eigenvalue weighted by molar-refractivity contribution is 5.74. The van der Waals surface area contributed by atoms with Gasteiger partial charge in [0.1, 0.15) is 5.75 Å². The number of amides is 2. The fourth-order valence-corrected chi connectivity index (χ4v) is 2.15. The second-order valence-corrected chi connectivity index (χ2v) is 5.40. The van der Waals surface area contributed by atoms with Crippen LogP contribution in [0.4, 0.5) is 4.79 Å². The largest absolute Gasteiger partial charge is 0.473 e. The molecule has 0 aromatic heterocycles. The predicted molar refractivity (Wildman–Crippen MR) is 90.0 cm³/mol. The van der Waals surface area contributed by atoms with Gasteiger partial charge in [0.25, 0.3) is 0 Å². The Balaban J connectivity index is 2.55. The number of rotatable bonds is 9. The first-order valence-corrected chi connectivity index (χ1v) is 7.71. The highest BCUT2D eigenvalue weighted by Crippen LogP contribution is 2.25. The molecule has 0 aliphatic heterocycles. The smallest absolute Gasteiger partial charge is 0.320 e. The minimum Gasteiger partial charge on any atom is -0.473 e. The summed E-state index contributed by atoms with van der Waals surface area (Å²) in [5.41, 5.74) is 3.31. The van der Waals surface area contributed by atoms with Gasteiger partial charge in [0.15, 0.2) is 6.73 Å². The first kappa shape index (κ1) is 19.3. The molecule has 0 spiro atoms. The zero-order valence-corrected chi connectivity index (χ0v) is 14.8. The first-order chi connectivity index (χ1) is 11.0. The average molecular weight is 324 g/mol. The lowest BCUT2D eigenvalue weighted by atomic mass is 10.1. The van der Waals surface area contributed by atoms with Crippen molar-refractivity contribution in [3.63, 3.8) is 0 Å². The maximum atomic E-state index is 12.2. The lowest BCUT2D eigenvalue weighted by Gasteiger charge is -2.23. The molecule has 1 N–H and O–H groups in total. The van der Waals surface area contributed by atoms with Crippen molar-refractivity contribution in [2.45, 2.75) is 20.8 Å². The Kier molecular flexibility index (Phi) is 8.43. The zero-order valence-electron chi connectivity index (χ0n) is 14.8. The van der Waals surface area contributed by atoms with Crippen LogP contribution in [-0.2, 0) is 9.47 Å². The van der Waals surface area contributed by atoms with E-state index in [0.29, 0.717) is 26.3 Å². The van der Waals surface area contributed by atoms with Crippen LogP contribution < -0.4 is 10.1 Å². The Morgan fingerprint density at radius 3 is 2.17 bits per heavy atom. The minimum absolute atomic E-state index is 0.125. The molecule has 6 heteroatoms. The number of carbonyl (C=O) groups is 1. The van der Waals surface area contributed by atoms with Gasteiger partial charge in [-0.1, -0.05) is 12.1 Å². The van der Waals surface area contributed by atoms with Crippen molar-refractivity contribution >= 4 is 6.03 Å². The van der Waals surface area contributed by atoms with Crippen LogP contribution in [0.2, 0.25) is 0 Å². The number of methoxy groups -OCH3 is 2. The SMILES string of the molecule is COCCN(CCOC)C(=O)NCOc1c(C)ccc(C)c1C. The summed E-state index contributed by atoms with van der Waals surface area (Å²) in [6.45, 7) is 8.15. The maximum absolute atomic E-state index is 12.2. The molecule has 1 rings (SSSR count). The lowest BCUT2D eigenvalue weighted by Crippen LogP contribution is -2.44. The fraction of sp³-hybridized carbons (Fsp3) is 0.588. The molecule has 0 aliphatic carbocycles. The van der Waals surface area contributed by atoms with Gasteiger partial charge in [0.05, 0.1) is 13.2 Å². The quantitative estimate of drug-likeness (QED) is 0.708. The summed E-state index contributed by atoms with van der Waals surface area (Å²) in [4.78, 5) is 13.9. The van der Waals surface area contributed by atoms with Gasteiger partial charge in [-0.2, -0.15) is 0 Å². The molecule has 23 heavy (non-hydrogen) atoms. The standard InChI is InChI=1S/C17H28N2O4/c1-13-6-7-14(2)16(15(13)3)23-12-18-17(20)19(8-10-21-4)9-11-22-5/h6-7H,8-12H2,1-5H3,(H,18,20). The fourth-order valence-electron chi connectivity index (χ4n) is 2.15. The zero-order chi connectivity index (χ0) is 17.2. The van der Waals surface area contributed by atoms with E-state index in [2.05, 4.69) is 11.4 Å². The summed E-state index contributed by atoms with van der Waals surface area (Å²) in [6.07, 6.45) is 0. The molecular weight excluding hydrogens is 296 g/mol. The van der Waals surface area contributed by atoms with Crippen LogP contribution in [0.25, 0.3) is 0 Å². The Labute approximate surface area is 138 Å². The van der Waals surface area contributed by atoms with Crippen molar-refractivity contribution in [3.05, 3.63) is 28.8 Å². The molecule has 130 valence electrons. The minimum atomic E-state index is -0.193. The second-order valence-electron chi connectivity index (χ2n) is 5.40. The molecule has 1 aromatic rings. The van der Waals surface area contributed by atoms with Crippen molar-refractivity contribution in [2.75, 3.05) is 47.3 Å². The molecule has 0 atom stereocenters. The molecule has 0 unspecified atom stereocenters. The Bertz CT molecular complexity index is 498. The summed E-state index contributed by atoms with van der Waals surface area (Å²) in [6, 6.07) is 3.89. The first-order valence-electron chi connectivity index (χ1n) is 7.71. The maximum Gasteiger partial charge on any atom is 0.320 e. The summed E-state index contributed by atoms with van der Waals surface area (Å²) >= 11 is 0. The van der Waals surface area contributed by atoms with Crippen LogP contribution in [-0.4, -0.2) is 58.2 Å². The van der Waals surface area contributed by atoms with Crippen LogP contribution in [0.1, 0.15) is 16.7 Å². The monoisotopic (exact) mass is 324 g/mol. The van der Waals surface area contributed by atoms with Gasteiger partial charge < -0.3 is 24.4 Å². The average Bonchev–Trinajstić information content (AvgIpc) is 2.54. The van der Waals surface area contributed by atoms with Gasteiger partial charge in [-0.3, -0.25) is 0 Å². The highest BCUT2D eigenvalue weighted by atomic mass is 16.5. The van der Waals surface area contributed by atoms with Crippen LogP contribution >= 0.6 is 0 Å². The molecule has 0 saturated carbocycles. The van der Waals surface area contributed by atoms with E-state index in [1.165, 1.54) is 5.56 Å². The normalized spacial score (nSPS) is 10.5. The number of urea groups is 1. The van der Waals surface area contributed by atoms with Crippen LogP contribution in [0.3, 0.4) is 0 Å². The molecular formula is C17H28N2O4. The van der Waals surface area contributed by atoms with E-state index in [1.54, 1.807) is 19.1 Å². The van der Waals surface area contributed by atoms with Crippen molar-refractivity contribution in [1.82, 2.24) is 10.2 Å². The Morgan fingerprint density at radius 2 is 1.61 bits per heavy atom. The highest BCUT2D eigenvalue weighted by Gasteiger charge is 2.13. The van der Waals surface area contributed by atoms with E-state index < -0.39 is 0 Å². The Morgan fingerprint density at radius 1 is 1.04 bits per heavy atom.